The second kappa shape index (κ2) is 13.1. The summed E-state index contributed by atoms with van der Waals surface area (Å²) >= 11 is 1.47. The van der Waals surface area contributed by atoms with Gasteiger partial charge in [0.05, 0.1) is 11.8 Å². The first kappa shape index (κ1) is 27.2. The molecule has 6 aromatic rings. The summed E-state index contributed by atoms with van der Waals surface area (Å²) in [6, 6.07) is 40.1. The summed E-state index contributed by atoms with van der Waals surface area (Å²) in [6.45, 7) is 0. The van der Waals surface area contributed by atoms with Crippen molar-refractivity contribution in [3.05, 3.63) is 162 Å². The van der Waals surface area contributed by atoms with Gasteiger partial charge in [0.15, 0.2) is 10.9 Å². The molecule has 0 aliphatic carbocycles. The SMILES string of the molecule is O=C(NC(Cc1ccccc1)c1ccccc1)c1coc(CSc2nnc(Cc3ccccc3)n2-c2ccccc2)n1. The van der Waals surface area contributed by atoms with Crippen molar-refractivity contribution in [1.82, 2.24) is 25.1 Å². The highest BCUT2D eigenvalue weighted by Gasteiger charge is 2.20. The maximum Gasteiger partial charge on any atom is 0.273 e. The number of hydrogen-bond acceptors (Lipinski definition) is 6. The van der Waals surface area contributed by atoms with Crippen molar-refractivity contribution in [2.24, 2.45) is 0 Å². The average Bonchev–Trinajstić information content (AvgIpc) is 3.69. The summed E-state index contributed by atoms with van der Waals surface area (Å²) in [7, 11) is 0. The molecule has 42 heavy (non-hydrogen) atoms. The molecule has 1 N–H and O–H groups in total. The molecule has 208 valence electrons. The van der Waals surface area contributed by atoms with Crippen LogP contribution in [0.4, 0.5) is 0 Å². The highest BCUT2D eigenvalue weighted by molar-refractivity contribution is 7.98. The molecule has 1 unspecified atom stereocenters. The Morgan fingerprint density at radius 2 is 1.40 bits per heavy atom. The van der Waals surface area contributed by atoms with E-state index in [1.165, 1.54) is 18.0 Å². The van der Waals surface area contributed by atoms with Crippen LogP contribution in [-0.4, -0.2) is 25.7 Å². The van der Waals surface area contributed by atoms with Crippen molar-refractivity contribution < 1.29 is 9.21 Å². The predicted molar refractivity (Wildman–Crippen MR) is 163 cm³/mol. The van der Waals surface area contributed by atoms with E-state index in [4.69, 9.17) is 4.42 Å². The van der Waals surface area contributed by atoms with Gasteiger partial charge < -0.3 is 9.73 Å². The third-order valence-corrected chi connectivity index (χ3v) is 7.73. The van der Waals surface area contributed by atoms with E-state index in [-0.39, 0.29) is 17.6 Å². The lowest BCUT2D eigenvalue weighted by molar-refractivity contribution is 0.0931. The maximum atomic E-state index is 13.3. The molecule has 7 nitrogen and oxygen atoms in total. The molecule has 0 aliphatic heterocycles. The summed E-state index contributed by atoms with van der Waals surface area (Å²) in [6.07, 6.45) is 2.73. The summed E-state index contributed by atoms with van der Waals surface area (Å²) in [5.41, 5.74) is 4.55. The lowest BCUT2D eigenvalue weighted by Crippen LogP contribution is -2.30. The summed E-state index contributed by atoms with van der Waals surface area (Å²) in [5.74, 6) is 1.40. The van der Waals surface area contributed by atoms with Crippen molar-refractivity contribution in [2.75, 3.05) is 0 Å². The van der Waals surface area contributed by atoms with E-state index in [1.54, 1.807) is 0 Å². The maximum absolute atomic E-state index is 13.3. The van der Waals surface area contributed by atoms with Crippen LogP contribution in [0.2, 0.25) is 0 Å². The van der Waals surface area contributed by atoms with Crippen molar-refractivity contribution >= 4 is 17.7 Å². The zero-order valence-electron chi connectivity index (χ0n) is 22.8. The highest BCUT2D eigenvalue weighted by Crippen LogP contribution is 2.26. The van der Waals surface area contributed by atoms with Crippen LogP contribution in [0.5, 0.6) is 0 Å². The lowest BCUT2D eigenvalue weighted by atomic mass is 9.99. The monoisotopic (exact) mass is 571 g/mol. The molecule has 0 saturated carbocycles. The normalized spacial score (nSPS) is 11.7. The van der Waals surface area contributed by atoms with Crippen LogP contribution in [-0.2, 0) is 18.6 Å². The van der Waals surface area contributed by atoms with Crippen LogP contribution in [0.25, 0.3) is 5.69 Å². The van der Waals surface area contributed by atoms with Gasteiger partial charge in [-0.25, -0.2) is 4.98 Å². The van der Waals surface area contributed by atoms with Crippen LogP contribution in [0.1, 0.15) is 44.9 Å². The molecule has 0 aliphatic rings. The molecule has 0 fully saturated rings. The van der Waals surface area contributed by atoms with Gasteiger partial charge in [0.1, 0.15) is 12.1 Å². The molecule has 2 heterocycles. The van der Waals surface area contributed by atoms with Crippen LogP contribution >= 0.6 is 11.8 Å². The van der Waals surface area contributed by atoms with Crippen molar-refractivity contribution in [2.45, 2.75) is 29.8 Å². The molecule has 0 radical (unpaired) electrons. The lowest BCUT2D eigenvalue weighted by Gasteiger charge is -2.19. The van der Waals surface area contributed by atoms with Crippen LogP contribution in [0.15, 0.2) is 137 Å². The molecule has 0 spiro atoms. The molecular formula is C34H29N5O2S. The number of hydrogen-bond donors (Lipinski definition) is 1. The summed E-state index contributed by atoms with van der Waals surface area (Å²) in [4.78, 5) is 17.8. The number of carbonyl (C=O) groups excluding carboxylic acids is 1. The van der Waals surface area contributed by atoms with Crippen molar-refractivity contribution in [3.63, 3.8) is 0 Å². The van der Waals surface area contributed by atoms with E-state index in [1.807, 2.05) is 97.1 Å². The molecule has 8 heteroatoms. The van der Waals surface area contributed by atoms with E-state index in [0.29, 0.717) is 24.5 Å². The predicted octanol–water partition coefficient (Wildman–Crippen LogP) is 6.85. The Kier molecular flexibility index (Phi) is 8.52. The topological polar surface area (TPSA) is 85.8 Å². The van der Waals surface area contributed by atoms with Gasteiger partial charge in [-0.3, -0.25) is 9.36 Å². The smallest absolute Gasteiger partial charge is 0.273 e. The fraction of sp³-hybridized carbons (Fsp3) is 0.118. The Bertz CT molecular complexity index is 1720. The Hall–Kier alpha value is -4.95. The fourth-order valence-corrected chi connectivity index (χ4v) is 5.57. The summed E-state index contributed by atoms with van der Waals surface area (Å²) < 4.78 is 7.77. The molecule has 0 bridgehead atoms. The average molecular weight is 572 g/mol. The van der Waals surface area contributed by atoms with Gasteiger partial charge in [-0.1, -0.05) is 121 Å². The largest absolute Gasteiger partial charge is 0.447 e. The first-order valence-electron chi connectivity index (χ1n) is 13.7. The minimum Gasteiger partial charge on any atom is -0.447 e. The summed E-state index contributed by atoms with van der Waals surface area (Å²) in [5, 5.41) is 12.9. The standard InChI is InChI=1S/C34H29N5O2S/c40-33(36-29(27-17-9-3-10-18-27)21-25-13-5-1-6-14-25)30-23-41-32(35-30)24-42-34-38-37-31(22-26-15-7-2-8-16-26)39(34)28-19-11-4-12-20-28/h1-20,23,29H,21-22,24H2,(H,36,40). The first-order chi connectivity index (χ1) is 20.7. The van der Waals surface area contributed by atoms with Gasteiger partial charge in [-0.05, 0) is 35.2 Å². The highest BCUT2D eigenvalue weighted by atomic mass is 32.2. The Labute approximate surface area is 248 Å². The zero-order valence-corrected chi connectivity index (χ0v) is 23.7. The van der Waals surface area contributed by atoms with Crippen molar-refractivity contribution in [3.8, 4) is 5.69 Å². The van der Waals surface area contributed by atoms with Gasteiger partial charge >= 0.3 is 0 Å². The quantitative estimate of drug-likeness (QED) is 0.171. The zero-order chi connectivity index (χ0) is 28.6. The number of para-hydroxylation sites is 1. The molecule has 6 rings (SSSR count). The fourth-order valence-electron chi connectivity index (χ4n) is 4.75. The van der Waals surface area contributed by atoms with Gasteiger partial charge in [-0.15, -0.1) is 10.2 Å². The molecule has 0 saturated heterocycles. The number of nitrogens with zero attached hydrogens (tertiary/aromatic N) is 4. The third-order valence-electron chi connectivity index (χ3n) is 6.82. The minimum atomic E-state index is -0.280. The number of aromatic nitrogens is 4. The molecule has 4 aromatic carbocycles. The van der Waals surface area contributed by atoms with Gasteiger partial charge in [-0.2, -0.15) is 0 Å². The Morgan fingerprint density at radius 1 is 0.786 bits per heavy atom. The van der Waals surface area contributed by atoms with Crippen LogP contribution < -0.4 is 5.32 Å². The number of rotatable bonds is 11. The molecule has 1 atom stereocenters. The van der Waals surface area contributed by atoms with Crippen LogP contribution in [0, 0.1) is 0 Å². The van der Waals surface area contributed by atoms with Gasteiger partial charge in [0.2, 0.25) is 5.89 Å². The third kappa shape index (κ3) is 6.67. The van der Waals surface area contributed by atoms with Crippen molar-refractivity contribution in [1.29, 1.82) is 0 Å². The molecule has 2 aromatic heterocycles. The van der Waals surface area contributed by atoms with Gasteiger partial charge in [0, 0.05) is 12.1 Å². The molecular weight excluding hydrogens is 542 g/mol. The second-order valence-electron chi connectivity index (χ2n) is 9.77. The number of nitrogens with one attached hydrogen (secondary N) is 1. The number of carbonyl (C=O) groups is 1. The van der Waals surface area contributed by atoms with Gasteiger partial charge in [0.25, 0.3) is 5.91 Å². The number of oxazole rings is 1. The second-order valence-corrected chi connectivity index (χ2v) is 10.7. The number of thioether (sulfide) groups is 1. The van der Waals surface area contributed by atoms with E-state index >= 15 is 0 Å². The van der Waals surface area contributed by atoms with E-state index in [2.05, 4.69) is 49.3 Å². The minimum absolute atomic E-state index is 0.205. The molecule has 1 amide bonds. The Morgan fingerprint density at radius 3 is 2.10 bits per heavy atom. The van der Waals surface area contributed by atoms with E-state index in [9.17, 15) is 4.79 Å². The Balaban J connectivity index is 1.16. The van der Waals surface area contributed by atoms with E-state index in [0.717, 1.165) is 33.4 Å². The first-order valence-corrected chi connectivity index (χ1v) is 14.7. The number of benzene rings is 4. The van der Waals surface area contributed by atoms with Crippen LogP contribution in [0.3, 0.4) is 0 Å². The number of amides is 1. The van der Waals surface area contributed by atoms with E-state index < -0.39 is 0 Å².